The molecule has 2 aromatic heterocycles. The standard InChI is InChI=1S/C30H25FN4O/c1-19-26(18-32-35(19)22-15-13-21(31)14-16-22)29-17-25(24-10-4-5-11-28(24)33-29)30(36)34-27-12-6-8-20-7-2-3-9-23(20)27/h2-5,7,9-11,13-18,27H,6,8,12H2,1H3,(H,34,36). The van der Waals surface area contributed by atoms with Crippen LogP contribution in [0.25, 0.3) is 27.8 Å². The van der Waals surface area contributed by atoms with Crippen molar-refractivity contribution in [1.29, 1.82) is 0 Å². The van der Waals surface area contributed by atoms with Gasteiger partial charge in [0.25, 0.3) is 5.91 Å². The van der Waals surface area contributed by atoms with Crippen LogP contribution in [-0.4, -0.2) is 20.7 Å². The molecule has 0 aliphatic heterocycles. The highest BCUT2D eigenvalue weighted by molar-refractivity contribution is 6.07. The first-order chi connectivity index (χ1) is 17.6. The molecule has 1 unspecified atom stereocenters. The zero-order valence-electron chi connectivity index (χ0n) is 19.9. The van der Waals surface area contributed by atoms with Gasteiger partial charge >= 0.3 is 0 Å². The number of benzene rings is 3. The topological polar surface area (TPSA) is 59.8 Å². The van der Waals surface area contributed by atoms with Gasteiger partial charge in [-0.05, 0) is 73.7 Å². The third-order valence-electron chi connectivity index (χ3n) is 6.99. The maximum atomic E-state index is 13.7. The number of rotatable bonds is 4. The first-order valence-corrected chi connectivity index (χ1v) is 12.2. The largest absolute Gasteiger partial charge is 0.345 e. The lowest BCUT2D eigenvalue weighted by atomic mass is 9.87. The lowest BCUT2D eigenvalue weighted by molar-refractivity contribution is 0.0934. The van der Waals surface area contributed by atoms with Crippen molar-refractivity contribution < 1.29 is 9.18 Å². The summed E-state index contributed by atoms with van der Waals surface area (Å²) in [5, 5.41) is 8.62. The Morgan fingerprint density at radius 2 is 1.81 bits per heavy atom. The normalized spacial score (nSPS) is 15.0. The van der Waals surface area contributed by atoms with E-state index in [2.05, 4.69) is 28.6 Å². The minimum absolute atomic E-state index is 0.0132. The molecule has 1 atom stereocenters. The summed E-state index contributed by atoms with van der Waals surface area (Å²) in [6, 6.07) is 24.1. The molecule has 5 nitrogen and oxygen atoms in total. The van der Waals surface area contributed by atoms with Gasteiger partial charge in [-0.1, -0.05) is 42.5 Å². The molecule has 1 aliphatic carbocycles. The minimum atomic E-state index is -0.295. The third-order valence-corrected chi connectivity index (χ3v) is 6.99. The summed E-state index contributed by atoms with van der Waals surface area (Å²) in [5.41, 5.74) is 6.96. The molecule has 0 fully saturated rings. The average Bonchev–Trinajstić information content (AvgIpc) is 3.29. The maximum Gasteiger partial charge on any atom is 0.252 e. The Morgan fingerprint density at radius 1 is 1.03 bits per heavy atom. The fourth-order valence-electron chi connectivity index (χ4n) is 5.14. The number of fused-ring (bicyclic) bond motifs is 2. The molecule has 0 saturated carbocycles. The van der Waals surface area contributed by atoms with Crippen molar-refractivity contribution in [3.05, 3.63) is 113 Å². The van der Waals surface area contributed by atoms with Crippen LogP contribution < -0.4 is 5.32 Å². The number of hydrogen-bond acceptors (Lipinski definition) is 3. The fraction of sp³-hybridized carbons (Fsp3) is 0.167. The smallest absolute Gasteiger partial charge is 0.252 e. The number of pyridine rings is 1. The SMILES string of the molecule is Cc1c(-c2cc(C(=O)NC3CCCc4ccccc43)c3ccccc3n2)cnn1-c1ccc(F)cc1. The van der Waals surface area contributed by atoms with Crippen LogP contribution in [0.15, 0.2) is 85.1 Å². The van der Waals surface area contributed by atoms with Crippen LogP contribution in [0.1, 0.15) is 46.1 Å². The van der Waals surface area contributed by atoms with E-state index < -0.39 is 0 Å². The van der Waals surface area contributed by atoms with E-state index >= 15 is 0 Å². The highest BCUT2D eigenvalue weighted by atomic mass is 19.1. The van der Waals surface area contributed by atoms with E-state index in [1.54, 1.807) is 23.0 Å². The van der Waals surface area contributed by atoms with Crippen molar-refractivity contribution in [2.75, 3.05) is 0 Å². The van der Waals surface area contributed by atoms with Gasteiger partial charge in [-0.25, -0.2) is 14.1 Å². The number of aromatic nitrogens is 3. The predicted octanol–water partition coefficient (Wildman–Crippen LogP) is 6.34. The number of aryl methyl sites for hydroxylation is 1. The molecule has 3 aromatic carbocycles. The summed E-state index contributed by atoms with van der Waals surface area (Å²) in [4.78, 5) is 18.5. The summed E-state index contributed by atoms with van der Waals surface area (Å²) in [6.45, 7) is 1.95. The van der Waals surface area contributed by atoms with Gasteiger partial charge in [-0.15, -0.1) is 0 Å². The van der Waals surface area contributed by atoms with Crippen LogP contribution in [0.4, 0.5) is 4.39 Å². The Morgan fingerprint density at radius 3 is 2.67 bits per heavy atom. The molecular formula is C30H25FN4O. The van der Waals surface area contributed by atoms with Crippen LogP contribution in [0.2, 0.25) is 0 Å². The number of para-hydroxylation sites is 1. The quantitative estimate of drug-likeness (QED) is 0.329. The number of nitrogens with one attached hydrogen (secondary N) is 1. The highest BCUT2D eigenvalue weighted by Crippen LogP contribution is 2.32. The summed E-state index contributed by atoms with van der Waals surface area (Å²) >= 11 is 0. The van der Waals surface area contributed by atoms with E-state index in [1.807, 2.05) is 43.3 Å². The van der Waals surface area contributed by atoms with Gasteiger partial charge in [0.1, 0.15) is 5.82 Å². The first-order valence-electron chi connectivity index (χ1n) is 12.2. The Balaban J connectivity index is 1.40. The first kappa shape index (κ1) is 22.2. The lowest BCUT2D eigenvalue weighted by Crippen LogP contribution is -2.31. The van der Waals surface area contributed by atoms with Crippen LogP contribution in [-0.2, 0) is 6.42 Å². The van der Waals surface area contributed by atoms with Crippen molar-refractivity contribution in [3.8, 4) is 16.9 Å². The van der Waals surface area contributed by atoms with Crippen molar-refractivity contribution in [3.63, 3.8) is 0 Å². The number of carbonyl (C=O) groups excluding carboxylic acids is 1. The van der Waals surface area contributed by atoms with Crippen molar-refractivity contribution in [1.82, 2.24) is 20.1 Å². The average molecular weight is 477 g/mol. The minimum Gasteiger partial charge on any atom is -0.345 e. The van der Waals surface area contributed by atoms with E-state index in [1.165, 1.54) is 23.3 Å². The lowest BCUT2D eigenvalue weighted by Gasteiger charge is -2.26. The van der Waals surface area contributed by atoms with Crippen LogP contribution in [0.3, 0.4) is 0 Å². The molecule has 1 amide bonds. The second-order valence-corrected chi connectivity index (χ2v) is 9.22. The van der Waals surface area contributed by atoms with Crippen LogP contribution in [0.5, 0.6) is 0 Å². The van der Waals surface area contributed by atoms with Gasteiger partial charge in [0.05, 0.1) is 40.4 Å². The van der Waals surface area contributed by atoms with E-state index in [0.29, 0.717) is 11.3 Å². The van der Waals surface area contributed by atoms with Gasteiger partial charge in [-0.3, -0.25) is 4.79 Å². The van der Waals surface area contributed by atoms with Crippen LogP contribution >= 0.6 is 0 Å². The Labute approximate surface area is 208 Å². The van der Waals surface area contributed by atoms with Gasteiger partial charge < -0.3 is 5.32 Å². The highest BCUT2D eigenvalue weighted by Gasteiger charge is 2.24. The Kier molecular flexibility index (Phi) is 5.56. The molecule has 5 aromatic rings. The molecule has 0 radical (unpaired) electrons. The molecule has 178 valence electrons. The summed E-state index contributed by atoms with van der Waals surface area (Å²) in [7, 11) is 0. The van der Waals surface area contributed by atoms with E-state index in [4.69, 9.17) is 4.98 Å². The Bertz CT molecular complexity index is 1590. The van der Waals surface area contributed by atoms with E-state index in [9.17, 15) is 9.18 Å². The Hall–Kier alpha value is -4.32. The van der Waals surface area contributed by atoms with Crippen molar-refractivity contribution in [2.24, 2.45) is 0 Å². The number of nitrogens with zero attached hydrogens (tertiary/aromatic N) is 3. The number of halogens is 1. The second kappa shape index (κ2) is 9.04. The second-order valence-electron chi connectivity index (χ2n) is 9.22. The van der Waals surface area contributed by atoms with Gasteiger partial charge in [0.2, 0.25) is 0 Å². The molecule has 0 saturated heterocycles. The molecule has 0 spiro atoms. The molecule has 1 aliphatic rings. The molecular weight excluding hydrogens is 451 g/mol. The molecule has 1 N–H and O–H groups in total. The molecule has 36 heavy (non-hydrogen) atoms. The van der Waals surface area contributed by atoms with Crippen molar-refractivity contribution >= 4 is 16.8 Å². The third kappa shape index (κ3) is 3.94. The van der Waals surface area contributed by atoms with E-state index in [-0.39, 0.29) is 17.8 Å². The number of hydrogen-bond donors (Lipinski definition) is 1. The maximum absolute atomic E-state index is 13.7. The molecule has 6 rings (SSSR count). The zero-order valence-corrected chi connectivity index (χ0v) is 19.9. The van der Waals surface area contributed by atoms with Crippen molar-refractivity contribution in [2.45, 2.75) is 32.2 Å². The van der Waals surface area contributed by atoms with Gasteiger partial charge in [-0.2, -0.15) is 5.10 Å². The summed E-state index contributed by atoms with van der Waals surface area (Å²) in [5.74, 6) is -0.406. The number of carbonyl (C=O) groups is 1. The molecule has 2 heterocycles. The predicted molar refractivity (Wildman–Crippen MR) is 139 cm³/mol. The number of amides is 1. The zero-order chi connectivity index (χ0) is 24.6. The monoisotopic (exact) mass is 476 g/mol. The summed E-state index contributed by atoms with van der Waals surface area (Å²) in [6.07, 6.45) is 4.76. The molecule has 6 heteroatoms. The van der Waals surface area contributed by atoms with Gasteiger partial charge in [0, 0.05) is 10.9 Å². The summed E-state index contributed by atoms with van der Waals surface area (Å²) < 4.78 is 15.2. The fourth-order valence-corrected chi connectivity index (χ4v) is 5.14. The molecule has 0 bridgehead atoms. The van der Waals surface area contributed by atoms with Crippen LogP contribution in [0, 0.1) is 12.7 Å². The van der Waals surface area contributed by atoms with E-state index in [0.717, 1.165) is 47.1 Å². The van der Waals surface area contributed by atoms with Gasteiger partial charge in [0.15, 0.2) is 0 Å².